The Morgan fingerprint density at radius 2 is 2.04 bits per heavy atom. The Hall–Kier alpha value is -2.72. The van der Waals surface area contributed by atoms with Gasteiger partial charge in [-0.1, -0.05) is 30.8 Å². The topological polar surface area (TPSA) is 55.2 Å². The molecule has 2 aromatic heterocycles. The van der Waals surface area contributed by atoms with E-state index in [-0.39, 0.29) is 6.61 Å². The number of hydrogen-bond donors (Lipinski definition) is 1. The largest absolute Gasteiger partial charge is 0.502 e. The van der Waals surface area contributed by atoms with Crippen LogP contribution >= 0.6 is 0 Å². The first-order valence-corrected chi connectivity index (χ1v) is 8.32. The fourth-order valence-electron chi connectivity index (χ4n) is 2.91. The van der Waals surface area contributed by atoms with E-state index in [9.17, 15) is 5.11 Å². The normalized spacial score (nSPS) is 10.8. The van der Waals surface area contributed by atoms with Crippen LogP contribution in [0.4, 0.5) is 0 Å². The van der Waals surface area contributed by atoms with Gasteiger partial charge in [0.1, 0.15) is 0 Å². The summed E-state index contributed by atoms with van der Waals surface area (Å²) < 4.78 is 5.14. The van der Waals surface area contributed by atoms with Crippen molar-refractivity contribution in [3.63, 3.8) is 0 Å². The maximum atomic E-state index is 9.48. The first-order chi connectivity index (χ1) is 12.2. The van der Waals surface area contributed by atoms with Crippen molar-refractivity contribution < 1.29 is 9.84 Å². The fourth-order valence-corrected chi connectivity index (χ4v) is 2.91. The quantitative estimate of drug-likeness (QED) is 0.668. The molecule has 0 spiro atoms. The predicted octanol–water partition coefficient (Wildman–Crippen LogP) is 3.81. The average Bonchev–Trinajstić information content (AvgIpc) is 2.66. The molecule has 1 N–H and O–H groups in total. The molecule has 0 saturated carbocycles. The highest BCUT2D eigenvalue weighted by molar-refractivity contribution is 5.84. The average molecular weight is 334 g/mol. The van der Waals surface area contributed by atoms with Crippen molar-refractivity contribution in [3.05, 3.63) is 83.6 Å². The minimum Gasteiger partial charge on any atom is -0.502 e. The summed E-state index contributed by atoms with van der Waals surface area (Å²) in [6.45, 7) is 3.80. The highest BCUT2D eigenvalue weighted by Gasteiger charge is 2.08. The zero-order chi connectivity index (χ0) is 17.6. The lowest BCUT2D eigenvalue weighted by atomic mass is 10.0. The Morgan fingerprint density at radius 1 is 1.20 bits per heavy atom. The third-order valence-electron chi connectivity index (χ3n) is 4.27. The molecule has 25 heavy (non-hydrogen) atoms. The summed E-state index contributed by atoms with van der Waals surface area (Å²) in [5.41, 5.74) is 4.05. The fraction of sp³-hybridized carbons (Fsp3) is 0.238. The number of aryl methyl sites for hydroxylation is 1. The lowest BCUT2D eigenvalue weighted by Gasteiger charge is -2.10. The summed E-state index contributed by atoms with van der Waals surface area (Å²) in [5.74, 6) is 0.791. The third kappa shape index (κ3) is 4.22. The highest BCUT2D eigenvalue weighted by Crippen LogP contribution is 2.21. The standard InChI is InChI=1S/C21H22N2O2/c1-15(25-2)6-7-16-4-3-5-17(10-16)11-21-20-13-22-9-8-18(20)12-19(14-24)23-21/h3-5,8-10,12-13,24H,1,6-7,11,14H2,2H3. The van der Waals surface area contributed by atoms with E-state index in [1.54, 1.807) is 13.3 Å². The molecule has 1 aromatic carbocycles. The van der Waals surface area contributed by atoms with E-state index >= 15 is 0 Å². The first kappa shape index (κ1) is 17.1. The number of ether oxygens (including phenoxy) is 1. The summed E-state index contributed by atoms with van der Waals surface area (Å²) in [6, 6.07) is 12.3. The number of benzene rings is 1. The van der Waals surface area contributed by atoms with Gasteiger partial charge in [-0.3, -0.25) is 9.97 Å². The lowest BCUT2D eigenvalue weighted by molar-refractivity contribution is 0.277. The van der Waals surface area contributed by atoms with Crippen LogP contribution in [0.5, 0.6) is 0 Å². The summed E-state index contributed by atoms with van der Waals surface area (Å²) in [7, 11) is 1.65. The monoisotopic (exact) mass is 334 g/mol. The van der Waals surface area contributed by atoms with Crippen LogP contribution in [0.1, 0.15) is 28.9 Å². The van der Waals surface area contributed by atoms with Gasteiger partial charge < -0.3 is 9.84 Å². The molecule has 128 valence electrons. The molecule has 0 aliphatic heterocycles. The highest BCUT2D eigenvalue weighted by atomic mass is 16.5. The van der Waals surface area contributed by atoms with Crippen molar-refractivity contribution >= 4 is 10.8 Å². The number of aliphatic hydroxyl groups excluding tert-OH is 1. The molecule has 0 bridgehead atoms. The zero-order valence-corrected chi connectivity index (χ0v) is 14.4. The molecule has 0 amide bonds. The van der Waals surface area contributed by atoms with E-state index in [0.717, 1.165) is 35.1 Å². The van der Waals surface area contributed by atoms with Crippen molar-refractivity contribution in [2.75, 3.05) is 7.11 Å². The molecular weight excluding hydrogens is 312 g/mol. The maximum Gasteiger partial charge on any atom is 0.0887 e. The molecule has 4 nitrogen and oxygen atoms in total. The Bertz CT molecular complexity index is 890. The number of nitrogens with zero attached hydrogens (tertiary/aromatic N) is 2. The summed E-state index contributed by atoms with van der Waals surface area (Å²) in [5, 5.41) is 11.6. The van der Waals surface area contributed by atoms with E-state index < -0.39 is 0 Å². The Balaban J connectivity index is 1.87. The Kier molecular flexibility index (Phi) is 5.41. The number of aromatic nitrogens is 2. The number of methoxy groups -OCH3 is 1. The molecule has 0 fully saturated rings. The molecule has 0 aliphatic rings. The van der Waals surface area contributed by atoms with E-state index in [0.29, 0.717) is 12.1 Å². The molecule has 0 unspecified atom stereocenters. The smallest absolute Gasteiger partial charge is 0.0887 e. The van der Waals surface area contributed by atoms with Gasteiger partial charge in [-0.25, -0.2) is 0 Å². The third-order valence-corrected chi connectivity index (χ3v) is 4.27. The summed E-state index contributed by atoms with van der Waals surface area (Å²) in [4.78, 5) is 8.83. The molecule has 0 atom stereocenters. The minimum atomic E-state index is -0.0650. The van der Waals surface area contributed by atoms with Gasteiger partial charge in [0.05, 0.1) is 30.9 Å². The van der Waals surface area contributed by atoms with E-state index in [1.165, 1.54) is 11.1 Å². The number of hydrogen-bond acceptors (Lipinski definition) is 4. The van der Waals surface area contributed by atoms with Crippen molar-refractivity contribution in [2.24, 2.45) is 0 Å². The van der Waals surface area contributed by atoms with Crippen molar-refractivity contribution in [3.8, 4) is 0 Å². The van der Waals surface area contributed by atoms with Crippen LogP contribution in [0.3, 0.4) is 0 Å². The van der Waals surface area contributed by atoms with Gasteiger partial charge in [0.25, 0.3) is 0 Å². The molecular formula is C21H22N2O2. The number of rotatable bonds is 7. The van der Waals surface area contributed by atoms with Crippen LogP contribution in [-0.2, 0) is 24.2 Å². The minimum absolute atomic E-state index is 0.0650. The number of fused-ring (bicyclic) bond motifs is 1. The van der Waals surface area contributed by atoms with Gasteiger partial charge in [0.15, 0.2) is 0 Å². The van der Waals surface area contributed by atoms with Gasteiger partial charge in [0.2, 0.25) is 0 Å². The second-order valence-electron chi connectivity index (χ2n) is 6.05. The molecule has 3 aromatic rings. The predicted molar refractivity (Wildman–Crippen MR) is 99.2 cm³/mol. The van der Waals surface area contributed by atoms with Gasteiger partial charge in [-0.05, 0) is 35.1 Å². The van der Waals surface area contributed by atoms with Crippen LogP contribution < -0.4 is 0 Å². The van der Waals surface area contributed by atoms with E-state index in [4.69, 9.17) is 4.74 Å². The molecule has 0 aliphatic carbocycles. The van der Waals surface area contributed by atoms with Gasteiger partial charge in [0, 0.05) is 30.6 Å². The molecule has 3 rings (SSSR count). The zero-order valence-electron chi connectivity index (χ0n) is 14.4. The Morgan fingerprint density at radius 3 is 2.84 bits per heavy atom. The number of aliphatic hydroxyl groups is 1. The van der Waals surface area contributed by atoms with Crippen molar-refractivity contribution in [2.45, 2.75) is 25.9 Å². The van der Waals surface area contributed by atoms with Crippen LogP contribution in [0.2, 0.25) is 0 Å². The number of allylic oxidation sites excluding steroid dienone is 1. The van der Waals surface area contributed by atoms with Gasteiger partial charge >= 0.3 is 0 Å². The summed E-state index contributed by atoms with van der Waals surface area (Å²) >= 11 is 0. The lowest BCUT2D eigenvalue weighted by Crippen LogP contribution is -2.00. The van der Waals surface area contributed by atoms with Crippen LogP contribution in [-0.4, -0.2) is 22.2 Å². The Labute approximate surface area is 147 Å². The number of pyridine rings is 2. The summed E-state index contributed by atoms with van der Waals surface area (Å²) in [6.07, 6.45) is 6.01. The second kappa shape index (κ2) is 7.90. The second-order valence-corrected chi connectivity index (χ2v) is 6.05. The van der Waals surface area contributed by atoms with Crippen molar-refractivity contribution in [1.82, 2.24) is 9.97 Å². The molecule has 2 heterocycles. The van der Waals surface area contributed by atoms with E-state index in [1.807, 2.05) is 18.3 Å². The molecule has 0 saturated heterocycles. The molecule has 4 heteroatoms. The first-order valence-electron chi connectivity index (χ1n) is 8.32. The van der Waals surface area contributed by atoms with Gasteiger partial charge in [-0.15, -0.1) is 0 Å². The van der Waals surface area contributed by atoms with Crippen LogP contribution in [0.15, 0.2) is 61.1 Å². The van der Waals surface area contributed by atoms with E-state index in [2.05, 4.69) is 40.8 Å². The van der Waals surface area contributed by atoms with Crippen LogP contribution in [0, 0.1) is 0 Å². The SMILES string of the molecule is C=C(CCc1cccc(Cc2nc(CO)cc3ccncc23)c1)OC. The van der Waals surface area contributed by atoms with Crippen LogP contribution in [0.25, 0.3) is 10.8 Å². The van der Waals surface area contributed by atoms with Gasteiger partial charge in [-0.2, -0.15) is 0 Å². The maximum absolute atomic E-state index is 9.48. The van der Waals surface area contributed by atoms with Crippen molar-refractivity contribution in [1.29, 1.82) is 0 Å². The molecule has 0 radical (unpaired) electrons.